The summed E-state index contributed by atoms with van der Waals surface area (Å²) < 4.78 is 0. The summed E-state index contributed by atoms with van der Waals surface area (Å²) in [4.78, 5) is 23.1. The summed E-state index contributed by atoms with van der Waals surface area (Å²) in [5.41, 5.74) is 5.72. The van der Waals surface area contributed by atoms with Crippen LogP contribution in [0.15, 0.2) is 64.8 Å². The maximum atomic E-state index is 4.85. The summed E-state index contributed by atoms with van der Waals surface area (Å²) in [6, 6.07) is 16.4. The van der Waals surface area contributed by atoms with Gasteiger partial charge >= 0.3 is 33.3 Å². The van der Waals surface area contributed by atoms with E-state index in [4.69, 9.17) is 30.2 Å². The SMILES string of the molecule is CC(=Nc1ccccc1C(C)(C)C)c1ncnc(C(C)=Nc2ccccc2C(C)(C)C)n1.[Cl][Fe][Cl]. The van der Waals surface area contributed by atoms with Crippen molar-refractivity contribution in [2.75, 3.05) is 0 Å². The number of benzene rings is 2. The van der Waals surface area contributed by atoms with Gasteiger partial charge in [0.05, 0.1) is 22.8 Å². The van der Waals surface area contributed by atoms with Crippen LogP contribution in [0.1, 0.15) is 78.2 Å². The maximum absolute atomic E-state index is 4.85. The third-order valence-corrected chi connectivity index (χ3v) is 5.22. The summed E-state index contributed by atoms with van der Waals surface area (Å²) in [7, 11) is 9.53. The molecular formula is C27H33Cl2FeN5. The van der Waals surface area contributed by atoms with E-state index in [-0.39, 0.29) is 24.0 Å². The van der Waals surface area contributed by atoms with Crippen molar-refractivity contribution in [2.45, 2.75) is 66.2 Å². The van der Waals surface area contributed by atoms with Crippen LogP contribution < -0.4 is 0 Å². The van der Waals surface area contributed by atoms with Gasteiger partial charge in [-0.15, -0.1) is 0 Å². The van der Waals surface area contributed by atoms with E-state index in [1.807, 2.05) is 50.2 Å². The number of aliphatic imine (C=N–C) groups is 2. The van der Waals surface area contributed by atoms with Crippen LogP contribution in [0.2, 0.25) is 0 Å². The zero-order valence-electron chi connectivity index (χ0n) is 21.5. The second kappa shape index (κ2) is 12.7. The molecule has 0 fully saturated rings. The Kier molecular flexibility index (Phi) is 10.6. The topological polar surface area (TPSA) is 63.4 Å². The number of nitrogens with zero attached hydrogens (tertiary/aromatic N) is 5. The molecule has 0 unspecified atom stereocenters. The molecule has 188 valence electrons. The minimum absolute atomic E-state index is 0.00563. The molecule has 0 amide bonds. The number of hydrogen-bond donors (Lipinski definition) is 0. The van der Waals surface area contributed by atoms with E-state index < -0.39 is 0 Å². The van der Waals surface area contributed by atoms with Crippen LogP contribution in [0.25, 0.3) is 0 Å². The molecule has 0 spiro atoms. The summed E-state index contributed by atoms with van der Waals surface area (Å²) in [6.07, 6.45) is 1.53. The van der Waals surface area contributed by atoms with Crippen molar-refractivity contribution in [2.24, 2.45) is 9.98 Å². The van der Waals surface area contributed by atoms with Gasteiger partial charge in [-0.05, 0) is 47.9 Å². The fourth-order valence-corrected chi connectivity index (χ4v) is 3.52. The van der Waals surface area contributed by atoms with Crippen molar-refractivity contribution in [1.29, 1.82) is 0 Å². The average molecular weight is 554 g/mol. The van der Waals surface area contributed by atoms with Gasteiger partial charge in [0.15, 0.2) is 11.6 Å². The van der Waals surface area contributed by atoms with Crippen molar-refractivity contribution in [1.82, 2.24) is 15.0 Å². The van der Waals surface area contributed by atoms with Gasteiger partial charge in [0.1, 0.15) is 6.33 Å². The second-order valence-corrected chi connectivity index (χ2v) is 11.9. The Labute approximate surface area is 224 Å². The van der Waals surface area contributed by atoms with E-state index >= 15 is 0 Å². The van der Waals surface area contributed by atoms with Crippen LogP contribution in [0.3, 0.4) is 0 Å². The van der Waals surface area contributed by atoms with Gasteiger partial charge in [-0.25, -0.2) is 24.9 Å². The van der Waals surface area contributed by atoms with Crippen molar-refractivity contribution in [3.8, 4) is 0 Å². The molecule has 0 saturated carbocycles. The zero-order chi connectivity index (χ0) is 26.2. The van der Waals surface area contributed by atoms with Crippen LogP contribution in [0, 0.1) is 0 Å². The van der Waals surface area contributed by atoms with Crippen molar-refractivity contribution in [3.63, 3.8) is 0 Å². The Bertz CT molecular complexity index is 1110. The van der Waals surface area contributed by atoms with E-state index in [0.717, 1.165) is 22.8 Å². The van der Waals surface area contributed by atoms with Gasteiger partial charge in [-0.2, -0.15) is 0 Å². The Morgan fingerprint density at radius 2 is 1.03 bits per heavy atom. The molecule has 0 aliphatic carbocycles. The molecule has 0 aliphatic rings. The van der Waals surface area contributed by atoms with Gasteiger partial charge in [0.25, 0.3) is 0 Å². The van der Waals surface area contributed by atoms with Gasteiger partial charge in [-0.3, -0.25) is 0 Å². The molecule has 0 bridgehead atoms. The number of hydrogen-bond acceptors (Lipinski definition) is 5. The predicted octanol–water partition coefficient (Wildman–Crippen LogP) is 8.12. The molecule has 0 aliphatic heterocycles. The first-order valence-corrected chi connectivity index (χ1v) is 14.3. The van der Waals surface area contributed by atoms with Crippen molar-refractivity contribution < 1.29 is 13.1 Å². The van der Waals surface area contributed by atoms with Crippen molar-refractivity contribution >= 4 is 43.0 Å². The molecule has 35 heavy (non-hydrogen) atoms. The molecule has 1 heterocycles. The Hall–Kier alpha value is -2.11. The van der Waals surface area contributed by atoms with E-state index in [1.165, 1.54) is 17.5 Å². The molecule has 0 saturated heterocycles. The van der Waals surface area contributed by atoms with E-state index in [9.17, 15) is 0 Å². The second-order valence-electron chi connectivity index (χ2n) is 10.1. The quantitative estimate of drug-likeness (QED) is 0.242. The molecule has 0 atom stereocenters. The van der Waals surface area contributed by atoms with Crippen LogP contribution in [0.5, 0.6) is 0 Å². The molecule has 2 aromatic carbocycles. The van der Waals surface area contributed by atoms with Crippen LogP contribution in [-0.2, 0) is 24.0 Å². The first kappa shape index (κ1) is 29.1. The molecule has 3 rings (SSSR count). The Morgan fingerprint density at radius 1 is 0.686 bits per heavy atom. The molecule has 3 aromatic rings. The molecule has 0 N–H and O–H groups in total. The standard InChI is InChI=1S/C27H33N5.2ClH.Fe/c1-18(30-22-15-11-9-13-20(22)26(3,4)5)24-28-17-29-25(32-24)19(2)31-23-16-12-10-14-21(23)27(6,7)8;;;/h9-17H,1-8H3;2*1H;/q;;;+2/p-2. The van der Waals surface area contributed by atoms with Crippen LogP contribution >= 0.6 is 20.2 Å². The first-order chi connectivity index (χ1) is 16.4. The Balaban J connectivity index is 0.00000137. The monoisotopic (exact) mass is 553 g/mol. The Morgan fingerprint density at radius 3 is 1.37 bits per heavy atom. The van der Waals surface area contributed by atoms with Crippen LogP contribution in [-0.4, -0.2) is 26.4 Å². The number of rotatable bonds is 4. The molecule has 0 radical (unpaired) electrons. The molecule has 8 heteroatoms. The zero-order valence-corrected chi connectivity index (χ0v) is 24.2. The molecule has 1 aromatic heterocycles. The number of para-hydroxylation sites is 2. The van der Waals surface area contributed by atoms with E-state index in [0.29, 0.717) is 11.6 Å². The normalized spacial score (nSPS) is 12.9. The van der Waals surface area contributed by atoms with E-state index in [2.05, 4.69) is 68.6 Å². The molecule has 5 nitrogen and oxygen atoms in total. The number of halogens is 2. The van der Waals surface area contributed by atoms with Crippen molar-refractivity contribution in [3.05, 3.63) is 77.6 Å². The van der Waals surface area contributed by atoms with Crippen LogP contribution in [0.4, 0.5) is 11.4 Å². The first-order valence-electron chi connectivity index (χ1n) is 11.2. The minimum atomic E-state index is -0.00563. The van der Waals surface area contributed by atoms with Gasteiger partial charge in [0, 0.05) is 0 Å². The fourth-order valence-electron chi connectivity index (χ4n) is 3.52. The number of aromatic nitrogens is 3. The summed E-state index contributed by atoms with van der Waals surface area (Å²) >= 11 is 0.194. The van der Waals surface area contributed by atoms with Gasteiger partial charge in [0.2, 0.25) is 0 Å². The molecular weight excluding hydrogens is 521 g/mol. The summed E-state index contributed by atoms with van der Waals surface area (Å²) in [6.45, 7) is 17.0. The summed E-state index contributed by atoms with van der Waals surface area (Å²) in [5.74, 6) is 1.11. The summed E-state index contributed by atoms with van der Waals surface area (Å²) in [5, 5.41) is 0. The fraction of sp³-hybridized carbons (Fsp3) is 0.370. The third kappa shape index (κ3) is 8.50. The predicted molar refractivity (Wildman–Crippen MR) is 146 cm³/mol. The average Bonchev–Trinajstić information content (AvgIpc) is 2.79. The third-order valence-electron chi connectivity index (χ3n) is 5.22. The van der Waals surface area contributed by atoms with Gasteiger partial charge < -0.3 is 0 Å². The van der Waals surface area contributed by atoms with Gasteiger partial charge in [-0.1, -0.05) is 77.9 Å². The van der Waals surface area contributed by atoms with E-state index in [1.54, 1.807) is 0 Å².